The number of nitrogens with two attached hydrogens (primary N) is 1. The van der Waals surface area contributed by atoms with E-state index in [1.165, 1.54) is 23.1 Å². The summed E-state index contributed by atoms with van der Waals surface area (Å²) in [5, 5.41) is 5.67. The molecule has 2 heterocycles. The van der Waals surface area contributed by atoms with Crippen LogP contribution in [0.5, 0.6) is 0 Å². The zero-order valence-electron chi connectivity index (χ0n) is 18.8. The summed E-state index contributed by atoms with van der Waals surface area (Å²) < 4.78 is 10.7. The Labute approximate surface area is 197 Å². The minimum Gasteiger partial charge on any atom is -0.433 e. The van der Waals surface area contributed by atoms with Gasteiger partial charge in [-0.15, -0.1) is 0 Å². The van der Waals surface area contributed by atoms with Crippen LogP contribution in [-0.4, -0.2) is 65.7 Å². The summed E-state index contributed by atoms with van der Waals surface area (Å²) in [6.07, 6.45) is 0.0651. The second-order valence-corrected chi connectivity index (χ2v) is 8.89. The first-order valence-electron chi connectivity index (χ1n) is 10.9. The Kier molecular flexibility index (Phi) is 7.80. The van der Waals surface area contributed by atoms with Crippen LogP contribution in [0.25, 0.3) is 0 Å². The van der Waals surface area contributed by atoms with Crippen LogP contribution in [0.3, 0.4) is 0 Å². The smallest absolute Gasteiger partial charge is 0.310 e. The predicted octanol–water partition coefficient (Wildman–Crippen LogP) is 1.21. The quantitative estimate of drug-likeness (QED) is 0.393. The normalized spacial score (nSPS) is 23.4. The zero-order valence-corrected chi connectivity index (χ0v) is 19.6. The number of carbonyl (C=O) groups excluding carboxylic acids is 4. The number of nitrogens with one attached hydrogen (secondary N) is 2. The highest BCUT2D eigenvalue weighted by Gasteiger charge is 2.41. The maximum Gasteiger partial charge on any atom is 0.310 e. The molecule has 0 aliphatic carbocycles. The molecule has 33 heavy (non-hydrogen) atoms. The minimum absolute atomic E-state index is 0.000400. The Bertz CT molecular complexity index is 939. The predicted molar refractivity (Wildman–Crippen MR) is 120 cm³/mol. The fourth-order valence-electron chi connectivity index (χ4n) is 3.89. The number of hydrogen-bond donors (Lipinski definition) is 3. The van der Waals surface area contributed by atoms with Crippen molar-refractivity contribution in [3.05, 3.63) is 28.8 Å². The zero-order chi connectivity index (χ0) is 24.3. The van der Waals surface area contributed by atoms with Gasteiger partial charge >= 0.3 is 5.97 Å². The summed E-state index contributed by atoms with van der Waals surface area (Å²) in [4.78, 5) is 51.6. The number of likely N-dealkylation sites (tertiary alicyclic amines) is 1. The number of anilines is 1. The number of amides is 3. The van der Waals surface area contributed by atoms with E-state index in [9.17, 15) is 19.2 Å². The first-order chi connectivity index (χ1) is 15.6. The fraction of sp³-hybridized carbons (Fsp3) is 0.545. The van der Waals surface area contributed by atoms with Crippen molar-refractivity contribution in [1.29, 1.82) is 0 Å². The first-order valence-corrected chi connectivity index (χ1v) is 11.3. The highest BCUT2D eigenvalue weighted by Crippen LogP contribution is 2.23. The summed E-state index contributed by atoms with van der Waals surface area (Å²) in [6, 6.07) is 2.25. The molecule has 4 N–H and O–H groups in total. The van der Waals surface area contributed by atoms with Gasteiger partial charge in [-0.25, -0.2) is 0 Å². The largest absolute Gasteiger partial charge is 0.433 e. The van der Waals surface area contributed by atoms with Gasteiger partial charge in [-0.05, 0) is 51.8 Å². The number of benzene rings is 1. The second-order valence-electron chi connectivity index (χ2n) is 8.48. The molecule has 1 aromatic carbocycles. The van der Waals surface area contributed by atoms with E-state index in [2.05, 4.69) is 10.6 Å². The third-order valence-corrected chi connectivity index (χ3v) is 5.84. The van der Waals surface area contributed by atoms with E-state index in [-0.39, 0.29) is 34.9 Å². The highest BCUT2D eigenvalue weighted by atomic mass is 35.5. The van der Waals surface area contributed by atoms with Gasteiger partial charge in [0.25, 0.3) is 5.91 Å². The molecule has 2 aliphatic heterocycles. The number of halogens is 1. The molecule has 1 unspecified atom stereocenters. The lowest BCUT2D eigenvalue weighted by molar-refractivity contribution is -0.173. The van der Waals surface area contributed by atoms with Gasteiger partial charge in [0.2, 0.25) is 18.1 Å². The van der Waals surface area contributed by atoms with Crippen molar-refractivity contribution in [3.8, 4) is 0 Å². The maximum atomic E-state index is 13.0. The van der Waals surface area contributed by atoms with E-state index < -0.39 is 36.3 Å². The number of hydrogen-bond acceptors (Lipinski definition) is 7. The monoisotopic (exact) mass is 480 g/mol. The van der Waals surface area contributed by atoms with Crippen molar-refractivity contribution in [1.82, 2.24) is 15.5 Å². The van der Waals surface area contributed by atoms with E-state index in [1.54, 1.807) is 20.8 Å². The molecule has 0 spiro atoms. The van der Waals surface area contributed by atoms with Crippen LogP contribution < -0.4 is 16.4 Å². The number of rotatable bonds is 7. The molecule has 2 fully saturated rings. The Morgan fingerprint density at radius 2 is 2.00 bits per heavy atom. The minimum atomic E-state index is -0.865. The number of ether oxygens (including phenoxy) is 2. The summed E-state index contributed by atoms with van der Waals surface area (Å²) >= 11 is 5.97. The number of nitrogens with zero attached hydrogens (tertiary/aromatic N) is 1. The number of cyclic esters (lactones) is 1. The van der Waals surface area contributed by atoms with Gasteiger partial charge in [0.15, 0.2) is 0 Å². The van der Waals surface area contributed by atoms with Gasteiger partial charge in [0, 0.05) is 12.1 Å². The van der Waals surface area contributed by atoms with Gasteiger partial charge in [-0.3, -0.25) is 19.2 Å². The molecular formula is C22H29ClN4O6. The first kappa shape index (κ1) is 24.8. The molecule has 0 radical (unpaired) electrons. The van der Waals surface area contributed by atoms with Gasteiger partial charge < -0.3 is 30.7 Å². The van der Waals surface area contributed by atoms with E-state index in [0.717, 1.165) is 0 Å². The molecule has 0 saturated carbocycles. The van der Waals surface area contributed by atoms with Crippen LogP contribution in [0, 0.1) is 0 Å². The Balaban J connectivity index is 1.61. The molecule has 2 aliphatic rings. The van der Waals surface area contributed by atoms with Gasteiger partial charge in [-0.1, -0.05) is 11.6 Å². The van der Waals surface area contributed by atoms with Gasteiger partial charge in [0.05, 0.1) is 23.2 Å². The lowest BCUT2D eigenvalue weighted by Gasteiger charge is -2.29. The van der Waals surface area contributed by atoms with Crippen LogP contribution in [-0.2, 0) is 23.9 Å². The van der Waals surface area contributed by atoms with Crippen molar-refractivity contribution in [2.75, 3.05) is 12.3 Å². The van der Waals surface area contributed by atoms with Crippen molar-refractivity contribution in [2.45, 2.75) is 70.6 Å². The maximum absolute atomic E-state index is 13.0. The van der Waals surface area contributed by atoms with Gasteiger partial charge in [-0.2, -0.15) is 0 Å². The highest BCUT2D eigenvalue weighted by molar-refractivity contribution is 6.33. The van der Waals surface area contributed by atoms with Crippen molar-refractivity contribution < 1.29 is 28.7 Å². The van der Waals surface area contributed by atoms with Crippen LogP contribution in [0.4, 0.5) is 5.69 Å². The molecule has 4 atom stereocenters. The van der Waals surface area contributed by atoms with Crippen LogP contribution in [0.1, 0.15) is 50.4 Å². The van der Waals surface area contributed by atoms with E-state index in [0.29, 0.717) is 25.1 Å². The Morgan fingerprint density at radius 1 is 1.27 bits per heavy atom. The van der Waals surface area contributed by atoms with Crippen LogP contribution >= 0.6 is 11.6 Å². The average Bonchev–Trinajstić information content (AvgIpc) is 3.35. The number of nitrogen functional groups attached to an aromatic ring is 1. The third-order valence-electron chi connectivity index (χ3n) is 5.52. The summed E-state index contributed by atoms with van der Waals surface area (Å²) in [6.45, 7) is 5.55. The second kappa shape index (κ2) is 10.4. The standard InChI is InChI=1S/C22H29ClN4O6/c1-11(2)32-22-16(10-18(28)33-22)26-20(30)17-5-4-8-27(17)21(31)12(3)25-19(29)13-6-7-15(24)14(23)9-13/h6-7,9,11-12,16-17,22H,4-5,8,10,24H2,1-3H3,(H,25,29)(H,26,30)/t12-,16-,17-,22?/m0/s1. The Morgan fingerprint density at radius 3 is 2.67 bits per heavy atom. The van der Waals surface area contributed by atoms with Crippen LogP contribution in [0.15, 0.2) is 18.2 Å². The van der Waals surface area contributed by atoms with E-state index in [4.69, 9.17) is 26.8 Å². The molecule has 10 nitrogen and oxygen atoms in total. The summed E-state index contributed by atoms with van der Waals surface area (Å²) in [7, 11) is 0. The molecule has 3 amide bonds. The summed E-state index contributed by atoms with van der Waals surface area (Å²) in [5.74, 6) is -1.70. The topological polar surface area (TPSA) is 140 Å². The molecule has 3 rings (SSSR count). The molecule has 180 valence electrons. The van der Waals surface area contributed by atoms with Crippen molar-refractivity contribution >= 4 is 41.0 Å². The SMILES string of the molecule is CC(C)OC1OC(=O)C[C@@H]1NC(=O)[C@@H]1CCCN1C(=O)[C@H](C)NC(=O)c1ccc(N)c(Cl)c1. The average molecular weight is 481 g/mol. The van der Waals surface area contributed by atoms with E-state index in [1.807, 2.05) is 0 Å². The molecule has 0 bridgehead atoms. The Hall–Kier alpha value is -2.85. The molecule has 0 aromatic heterocycles. The lowest BCUT2D eigenvalue weighted by Crippen LogP contribution is -2.54. The fourth-order valence-corrected chi connectivity index (χ4v) is 4.07. The number of carbonyl (C=O) groups is 4. The van der Waals surface area contributed by atoms with Gasteiger partial charge in [0.1, 0.15) is 18.1 Å². The molecule has 11 heteroatoms. The molecule has 2 saturated heterocycles. The third kappa shape index (κ3) is 5.94. The molecule has 1 aromatic rings. The molecular weight excluding hydrogens is 452 g/mol. The van der Waals surface area contributed by atoms with Crippen LogP contribution in [0.2, 0.25) is 5.02 Å². The summed E-state index contributed by atoms with van der Waals surface area (Å²) in [5.41, 5.74) is 6.28. The van der Waals surface area contributed by atoms with Crippen molar-refractivity contribution in [3.63, 3.8) is 0 Å². The lowest BCUT2D eigenvalue weighted by atomic mass is 10.1. The van der Waals surface area contributed by atoms with E-state index >= 15 is 0 Å². The number of esters is 1. The van der Waals surface area contributed by atoms with Crippen molar-refractivity contribution in [2.24, 2.45) is 0 Å².